The van der Waals surface area contributed by atoms with Crippen LogP contribution in [0.5, 0.6) is 0 Å². The first-order chi connectivity index (χ1) is 10.8. The molecule has 5 nitrogen and oxygen atoms in total. The number of aliphatic hydroxyl groups excluding tert-OH is 1. The molecule has 1 atom stereocenters. The van der Waals surface area contributed by atoms with Crippen molar-refractivity contribution in [3.63, 3.8) is 0 Å². The Morgan fingerprint density at radius 2 is 2.00 bits per heavy atom. The summed E-state index contributed by atoms with van der Waals surface area (Å²) in [6.45, 7) is 5.14. The first-order valence-corrected chi connectivity index (χ1v) is 9.31. The van der Waals surface area contributed by atoms with Gasteiger partial charge in [-0.15, -0.1) is 11.3 Å². The Bertz CT molecular complexity index is 792. The first kappa shape index (κ1) is 17.8. The highest BCUT2D eigenvalue weighted by Gasteiger charge is 2.18. The summed E-state index contributed by atoms with van der Waals surface area (Å²) in [6, 6.07) is 6.36. The normalized spacial score (nSPS) is 14.0. The first-order valence-electron chi connectivity index (χ1n) is 7.02. The van der Waals surface area contributed by atoms with E-state index in [1.165, 1.54) is 23.5 Å². The molecule has 1 aromatic carbocycles. The van der Waals surface area contributed by atoms with Crippen LogP contribution in [0, 0.1) is 13.8 Å². The lowest BCUT2D eigenvalue weighted by Gasteiger charge is -2.12. The number of benzene rings is 1. The van der Waals surface area contributed by atoms with Crippen molar-refractivity contribution in [1.29, 1.82) is 0 Å². The van der Waals surface area contributed by atoms with Crippen molar-refractivity contribution in [3.05, 3.63) is 51.5 Å². The number of hydrogen-bond acceptors (Lipinski definition) is 6. The topological polar surface area (TPSA) is 76.5 Å². The third-order valence-corrected chi connectivity index (χ3v) is 5.32. The highest BCUT2D eigenvalue weighted by Crippen LogP contribution is 2.16. The van der Waals surface area contributed by atoms with Crippen LogP contribution in [0.2, 0.25) is 0 Å². The lowest BCUT2D eigenvalue weighted by Crippen LogP contribution is -2.20. The molecule has 0 aliphatic heterocycles. The minimum absolute atomic E-state index is 0.0760. The van der Waals surface area contributed by atoms with Gasteiger partial charge in [-0.05, 0) is 44.6 Å². The number of nitrogens with zero attached hydrogens (tertiary/aromatic N) is 1. The van der Waals surface area contributed by atoms with Crippen LogP contribution in [0.4, 0.5) is 0 Å². The van der Waals surface area contributed by atoms with Crippen molar-refractivity contribution in [3.8, 4) is 0 Å². The van der Waals surface area contributed by atoms with Gasteiger partial charge in [-0.3, -0.25) is 4.18 Å². The molecule has 0 spiro atoms. The minimum atomic E-state index is -3.88. The smallest absolute Gasteiger partial charge is 0.297 e. The maximum atomic E-state index is 12.1. The molecule has 23 heavy (non-hydrogen) atoms. The summed E-state index contributed by atoms with van der Waals surface area (Å²) in [5.74, 6) is 0. The third-order valence-electron chi connectivity index (χ3n) is 3.23. The van der Waals surface area contributed by atoms with E-state index < -0.39 is 16.2 Å². The monoisotopic (exact) mass is 353 g/mol. The summed E-state index contributed by atoms with van der Waals surface area (Å²) in [6.07, 6.45) is 0.702. The fourth-order valence-corrected chi connectivity index (χ4v) is 3.32. The van der Waals surface area contributed by atoms with Crippen molar-refractivity contribution in [2.45, 2.75) is 31.8 Å². The summed E-state index contributed by atoms with van der Waals surface area (Å²) in [5.41, 5.74) is 2.29. The molecule has 0 unspecified atom stereocenters. The third kappa shape index (κ3) is 4.97. The standard InChI is InChI=1S/C16H19NO4S2/c1-11-4-6-15(7-5-11)23(19,20)21-9-16(18)12(2)8-14-10-22-13(3)17-14/h4-8,10,16,18H,9H2,1-3H3/b12-8+/t16-/m1/s1. The lowest BCUT2D eigenvalue weighted by molar-refractivity contribution is 0.139. The zero-order valence-corrected chi connectivity index (χ0v) is 14.8. The molecule has 0 amide bonds. The molecule has 1 N–H and O–H groups in total. The predicted octanol–water partition coefficient (Wildman–Crippen LogP) is 2.93. The zero-order chi connectivity index (χ0) is 17.0. The quantitative estimate of drug-likeness (QED) is 0.808. The molecule has 0 saturated heterocycles. The number of aryl methyl sites for hydroxylation is 2. The van der Waals surface area contributed by atoms with Gasteiger partial charge in [0.25, 0.3) is 10.1 Å². The van der Waals surface area contributed by atoms with Gasteiger partial charge < -0.3 is 5.11 Å². The van der Waals surface area contributed by atoms with E-state index in [2.05, 4.69) is 4.98 Å². The van der Waals surface area contributed by atoms with Gasteiger partial charge in [0.15, 0.2) is 0 Å². The second-order valence-corrected chi connectivity index (χ2v) is 7.92. The van der Waals surface area contributed by atoms with Gasteiger partial charge in [-0.1, -0.05) is 17.7 Å². The van der Waals surface area contributed by atoms with E-state index in [1.807, 2.05) is 19.2 Å². The van der Waals surface area contributed by atoms with Gasteiger partial charge in [0.1, 0.15) is 0 Å². The Hall–Kier alpha value is -1.54. The average Bonchev–Trinajstić information content (AvgIpc) is 2.90. The molecule has 1 aromatic heterocycles. The van der Waals surface area contributed by atoms with E-state index in [0.29, 0.717) is 5.57 Å². The predicted molar refractivity (Wildman–Crippen MR) is 90.8 cm³/mol. The number of thiazole rings is 1. The maximum Gasteiger partial charge on any atom is 0.297 e. The largest absolute Gasteiger partial charge is 0.386 e. The van der Waals surface area contributed by atoms with Crippen molar-refractivity contribution in [1.82, 2.24) is 4.98 Å². The molecular weight excluding hydrogens is 334 g/mol. The van der Waals surface area contributed by atoms with Gasteiger partial charge in [0, 0.05) is 5.38 Å². The molecule has 2 aromatic rings. The van der Waals surface area contributed by atoms with Crippen LogP contribution in [-0.2, 0) is 14.3 Å². The van der Waals surface area contributed by atoms with Crippen molar-refractivity contribution >= 4 is 27.5 Å². The van der Waals surface area contributed by atoms with Crippen molar-refractivity contribution < 1.29 is 17.7 Å². The molecule has 124 valence electrons. The van der Waals surface area contributed by atoms with E-state index in [1.54, 1.807) is 25.1 Å². The van der Waals surface area contributed by atoms with E-state index in [9.17, 15) is 13.5 Å². The van der Waals surface area contributed by atoms with E-state index in [0.717, 1.165) is 16.3 Å². The second-order valence-electron chi connectivity index (χ2n) is 5.25. The molecular formula is C16H19NO4S2. The number of aromatic nitrogens is 1. The molecule has 0 bridgehead atoms. The Balaban J connectivity index is 2.01. The Morgan fingerprint density at radius 1 is 1.35 bits per heavy atom. The summed E-state index contributed by atoms with van der Waals surface area (Å²) in [4.78, 5) is 4.35. The van der Waals surface area contributed by atoms with Crippen LogP contribution in [0.1, 0.15) is 23.2 Å². The minimum Gasteiger partial charge on any atom is -0.386 e. The summed E-state index contributed by atoms with van der Waals surface area (Å²) >= 11 is 1.51. The zero-order valence-electron chi connectivity index (χ0n) is 13.2. The summed E-state index contributed by atoms with van der Waals surface area (Å²) < 4.78 is 29.1. The van der Waals surface area contributed by atoms with Gasteiger partial charge in [-0.2, -0.15) is 8.42 Å². The Kier molecular flexibility index (Phi) is 5.69. The molecule has 0 saturated carbocycles. The molecule has 7 heteroatoms. The summed E-state index contributed by atoms with van der Waals surface area (Å²) in [5, 5.41) is 12.9. The van der Waals surface area contributed by atoms with Crippen LogP contribution in [0.15, 0.2) is 40.1 Å². The summed E-state index contributed by atoms with van der Waals surface area (Å²) in [7, 11) is -3.88. The Morgan fingerprint density at radius 3 is 2.57 bits per heavy atom. The van der Waals surface area contributed by atoms with Gasteiger partial charge in [0.05, 0.1) is 28.3 Å². The average molecular weight is 353 g/mol. The number of hydrogen-bond donors (Lipinski definition) is 1. The van der Waals surface area contributed by atoms with E-state index >= 15 is 0 Å². The van der Waals surface area contributed by atoms with E-state index in [4.69, 9.17) is 4.18 Å². The molecule has 0 radical (unpaired) electrons. The molecule has 1 heterocycles. The molecule has 0 aliphatic carbocycles. The number of rotatable bonds is 6. The molecule has 0 aliphatic rings. The van der Waals surface area contributed by atoms with E-state index in [-0.39, 0.29) is 11.5 Å². The van der Waals surface area contributed by atoms with Crippen LogP contribution in [0.3, 0.4) is 0 Å². The van der Waals surface area contributed by atoms with Crippen LogP contribution < -0.4 is 0 Å². The highest BCUT2D eigenvalue weighted by molar-refractivity contribution is 7.86. The maximum absolute atomic E-state index is 12.1. The van der Waals surface area contributed by atoms with Crippen molar-refractivity contribution in [2.24, 2.45) is 0 Å². The number of aliphatic hydroxyl groups is 1. The van der Waals surface area contributed by atoms with Crippen molar-refractivity contribution in [2.75, 3.05) is 6.61 Å². The van der Waals surface area contributed by atoms with Gasteiger partial charge in [-0.25, -0.2) is 4.98 Å². The highest BCUT2D eigenvalue weighted by atomic mass is 32.2. The SMILES string of the molecule is C/C(=C\c1csc(C)n1)[C@H](O)COS(=O)(=O)c1ccc(C)cc1. The lowest BCUT2D eigenvalue weighted by atomic mass is 10.1. The second kappa shape index (κ2) is 7.35. The fourth-order valence-electron chi connectivity index (χ4n) is 1.83. The molecule has 2 rings (SSSR count). The Labute approximate surface area is 140 Å². The van der Waals surface area contributed by atoms with Crippen LogP contribution in [-0.4, -0.2) is 31.2 Å². The van der Waals surface area contributed by atoms with Gasteiger partial charge in [0.2, 0.25) is 0 Å². The van der Waals surface area contributed by atoms with Crippen LogP contribution >= 0.6 is 11.3 Å². The van der Waals surface area contributed by atoms with Gasteiger partial charge >= 0.3 is 0 Å². The molecule has 0 fully saturated rings. The van der Waals surface area contributed by atoms with Crippen LogP contribution in [0.25, 0.3) is 6.08 Å². The fraction of sp³-hybridized carbons (Fsp3) is 0.312.